The van der Waals surface area contributed by atoms with E-state index in [1.165, 1.54) is 25.7 Å². The van der Waals surface area contributed by atoms with Crippen LogP contribution in [0.2, 0.25) is 0 Å². The summed E-state index contributed by atoms with van der Waals surface area (Å²) in [6.45, 7) is 11.7. The molecule has 1 heterocycles. The molecule has 0 radical (unpaired) electrons. The normalized spacial score (nSPS) is 26.3. The molecule has 2 unspecified atom stereocenters. The number of esters is 2. The minimum absolute atomic E-state index is 0.115. The summed E-state index contributed by atoms with van der Waals surface area (Å²) in [5.41, 5.74) is 0.611. The van der Waals surface area contributed by atoms with Crippen LogP contribution >= 0.6 is 0 Å². The summed E-state index contributed by atoms with van der Waals surface area (Å²) in [7, 11) is 1.34. The van der Waals surface area contributed by atoms with Crippen molar-refractivity contribution >= 4 is 11.9 Å². The molecule has 0 amide bonds. The van der Waals surface area contributed by atoms with Gasteiger partial charge in [-0.2, -0.15) is 0 Å². The van der Waals surface area contributed by atoms with E-state index in [0.717, 1.165) is 18.4 Å². The molecular weight excluding hydrogens is 384 g/mol. The first-order valence-electron chi connectivity index (χ1n) is 10.8. The van der Waals surface area contributed by atoms with Crippen molar-refractivity contribution < 1.29 is 28.9 Å². The topological polar surface area (TPSA) is 82.1 Å². The molecule has 6 heteroatoms. The molecule has 6 nitrogen and oxygen atoms in total. The van der Waals surface area contributed by atoms with Crippen molar-refractivity contribution in [2.24, 2.45) is 5.92 Å². The Kier molecular flexibility index (Phi) is 10.2. The lowest BCUT2D eigenvalue weighted by Crippen LogP contribution is -2.44. The summed E-state index contributed by atoms with van der Waals surface area (Å²) < 4.78 is 16.5. The number of aliphatic hydroxyl groups is 1. The van der Waals surface area contributed by atoms with Gasteiger partial charge >= 0.3 is 11.9 Å². The van der Waals surface area contributed by atoms with Crippen LogP contribution in [0, 0.1) is 5.92 Å². The third-order valence-corrected chi connectivity index (χ3v) is 6.12. The Bertz CT molecular complexity index is 644. The highest BCUT2D eigenvalue weighted by Crippen LogP contribution is 2.35. The van der Waals surface area contributed by atoms with E-state index in [4.69, 9.17) is 14.2 Å². The summed E-state index contributed by atoms with van der Waals surface area (Å²) in [5.74, 6) is -0.633. The van der Waals surface area contributed by atoms with Crippen LogP contribution < -0.4 is 0 Å². The van der Waals surface area contributed by atoms with Crippen molar-refractivity contribution in [3.63, 3.8) is 0 Å². The van der Waals surface area contributed by atoms with Gasteiger partial charge in [0.1, 0.15) is 11.7 Å². The fourth-order valence-corrected chi connectivity index (χ4v) is 3.68. The van der Waals surface area contributed by atoms with Crippen molar-refractivity contribution in [3.8, 4) is 0 Å². The van der Waals surface area contributed by atoms with Gasteiger partial charge in [-0.3, -0.25) is 4.79 Å². The molecule has 0 aliphatic carbocycles. The number of allylic oxidation sites excluding steroid dienone is 1. The van der Waals surface area contributed by atoms with E-state index >= 15 is 0 Å². The predicted octanol–water partition coefficient (Wildman–Crippen LogP) is 4.50. The second-order valence-corrected chi connectivity index (χ2v) is 9.20. The Labute approximate surface area is 181 Å². The van der Waals surface area contributed by atoms with Gasteiger partial charge in [-0.25, -0.2) is 4.79 Å². The van der Waals surface area contributed by atoms with E-state index < -0.39 is 17.2 Å². The highest BCUT2D eigenvalue weighted by Gasteiger charge is 2.40. The zero-order valence-corrected chi connectivity index (χ0v) is 19.7. The number of rotatable bonds is 9. The van der Waals surface area contributed by atoms with Gasteiger partial charge in [0.15, 0.2) is 0 Å². The number of hydrogen-bond acceptors (Lipinski definition) is 6. The molecule has 1 aliphatic rings. The largest absolute Gasteiger partial charge is 0.466 e. The number of hydrogen-bond donors (Lipinski definition) is 1. The fraction of sp³-hybridized carbons (Fsp3) is 0.750. The summed E-state index contributed by atoms with van der Waals surface area (Å²) in [6.07, 6.45) is 7.32. The molecule has 0 aromatic heterocycles. The second-order valence-electron chi connectivity index (χ2n) is 9.20. The quantitative estimate of drug-likeness (QED) is 0.333. The molecule has 1 rings (SSSR count). The average Bonchev–Trinajstić information content (AvgIpc) is 2.80. The van der Waals surface area contributed by atoms with E-state index in [9.17, 15) is 14.7 Å². The number of ether oxygens (including phenoxy) is 3. The lowest BCUT2D eigenvalue weighted by Gasteiger charge is -2.36. The Hall–Kier alpha value is -1.66. The molecule has 30 heavy (non-hydrogen) atoms. The highest BCUT2D eigenvalue weighted by atomic mass is 16.6. The summed E-state index contributed by atoms with van der Waals surface area (Å²) >= 11 is 0. The first-order chi connectivity index (χ1) is 13.9. The molecule has 1 fully saturated rings. The van der Waals surface area contributed by atoms with Crippen molar-refractivity contribution in [1.29, 1.82) is 0 Å². The minimum Gasteiger partial charge on any atom is -0.466 e. The SMILES string of the molecule is COC(=O)C=C1CC[C@@H](OC(C)=O)[C@](C)(CCCC(C)C(C)(O)CC=C(C)C)OC1. The predicted molar refractivity (Wildman–Crippen MR) is 117 cm³/mol. The van der Waals surface area contributed by atoms with Crippen LogP contribution in [0.25, 0.3) is 0 Å². The summed E-state index contributed by atoms with van der Waals surface area (Å²) in [6, 6.07) is 0. The average molecular weight is 425 g/mol. The molecule has 0 aromatic rings. The van der Waals surface area contributed by atoms with Crippen LogP contribution in [0.3, 0.4) is 0 Å². The third-order valence-electron chi connectivity index (χ3n) is 6.12. The van der Waals surface area contributed by atoms with Gasteiger partial charge in [-0.15, -0.1) is 0 Å². The van der Waals surface area contributed by atoms with Crippen LogP contribution in [0.4, 0.5) is 0 Å². The molecule has 0 spiro atoms. The first-order valence-corrected chi connectivity index (χ1v) is 10.8. The zero-order chi connectivity index (χ0) is 22.9. The fourth-order valence-electron chi connectivity index (χ4n) is 3.68. The van der Waals surface area contributed by atoms with Gasteiger partial charge < -0.3 is 19.3 Å². The Morgan fingerprint density at radius 3 is 2.60 bits per heavy atom. The van der Waals surface area contributed by atoms with Gasteiger partial charge in [-0.1, -0.05) is 25.0 Å². The smallest absolute Gasteiger partial charge is 0.330 e. The Morgan fingerprint density at radius 2 is 2.03 bits per heavy atom. The molecule has 0 aromatic carbocycles. The maximum Gasteiger partial charge on any atom is 0.330 e. The minimum atomic E-state index is -0.770. The molecule has 1 N–H and O–H groups in total. The van der Waals surface area contributed by atoms with E-state index in [2.05, 4.69) is 13.0 Å². The number of carbonyl (C=O) groups excluding carboxylic acids is 2. The lowest BCUT2D eigenvalue weighted by molar-refractivity contribution is -0.168. The van der Waals surface area contributed by atoms with Crippen LogP contribution in [0.1, 0.15) is 80.1 Å². The summed E-state index contributed by atoms with van der Waals surface area (Å²) in [4.78, 5) is 23.2. The van der Waals surface area contributed by atoms with Crippen molar-refractivity contribution in [3.05, 3.63) is 23.3 Å². The van der Waals surface area contributed by atoms with Gasteiger partial charge in [0.2, 0.25) is 0 Å². The molecule has 4 atom stereocenters. The number of methoxy groups -OCH3 is 1. The summed E-state index contributed by atoms with van der Waals surface area (Å²) in [5, 5.41) is 10.8. The molecule has 0 bridgehead atoms. The van der Waals surface area contributed by atoms with Crippen LogP contribution in [-0.2, 0) is 23.8 Å². The van der Waals surface area contributed by atoms with Gasteiger partial charge in [0, 0.05) is 13.0 Å². The second kappa shape index (κ2) is 11.7. The van der Waals surface area contributed by atoms with Crippen molar-refractivity contribution in [2.45, 2.75) is 97.4 Å². The van der Waals surface area contributed by atoms with Crippen molar-refractivity contribution in [1.82, 2.24) is 0 Å². The Morgan fingerprint density at radius 1 is 1.37 bits per heavy atom. The van der Waals surface area contributed by atoms with E-state index in [1.807, 2.05) is 27.7 Å². The molecule has 0 saturated carbocycles. The molecule has 172 valence electrons. The lowest BCUT2D eigenvalue weighted by atomic mass is 9.81. The standard InChI is InChI=1S/C24H40O6/c1-17(2)12-14-23(5,27)18(3)9-8-13-24(6)21(30-19(4)25)11-10-20(16-29-24)15-22(26)28-7/h12,15,18,21,27H,8-11,13-14,16H2,1-7H3/t18?,21-,23?,24+/m1/s1. The van der Waals surface area contributed by atoms with Gasteiger partial charge in [0.05, 0.1) is 19.3 Å². The Balaban J connectivity index is 2.81. The van der Waals surface area contributed by atoms with Crippen LogP contribution in [-0.4, -0.2) is 48.1 Å². The van der Waals surface area contributed by atoms with Crippen molar-refractivity contribution in [2.75, 3.05) is 13.7 Å². The van der Waals surface area contributed by atoms with Crippen LogP contribution in [0.5, 0.6) is 0 Å². The monoisotopic (exact) mass is 424 g/mol. The number of carbonyl (C=O) groups is 2. The van der Waals surface area contributed by atoms with E-state index in [1.54, 1.807) is 0 Å². The van der Waals surface area contributed by atoms with E-state index in [0.29, 0.717) is 32.3 Å². The highest BCUT2D eigenvalue weighted by molar-refractivity contribution is 5.82. The molecule has 1 aliphatic heterocycles. The van der Waals surface area contributed by atoms with Crippen LogP contribution in [0.15, 0.2) is 23.3 Å². The first kappa shape index (κ1) is 26.4. The zero-order valence-electron chi connectivity index (χ0n) is 19.7. The maximum atomic E-state index is 11.7. The maximum absolute atomic E-state index is 11.7. The third kappa shape index (κ3) is 8.60. The molecule has 1 saturated heterocycles. The van der Waals surface area contributed by atoms with Gasteiger partial charge in [-0.05, 0) is 71.3 Å². The molecular formula is C24H40O6. The van der Waals surface area contributed by atoms with E-state index in [-0.39, 0.29) is 18.0 Å². The van der Waals surface area contributed by atoms with Gasteiger partial charge in [0.25, 0.3) is 0 Å².